The van der Waals surface area contributed by atoms with Crippen molar-refractivity contribution in [2.75, 3.05) is 0 Å². The van der Waals surface area contributed by atoms with Gasteiger partial charge in [-0.3, -0.25) is 0 Å². The first kappa shape index (κ1) is 12.1. The Hall–Kier alpha value is -0.340. The molecule has 1 saturated carbocycles. The van der Waals surface area contributed by atoms with Gasteiger partial charge in [0.05, 0.1) is 11.7 Å². The molecule has 0 N–H and O–H groups in total. The molecule has 1 heterocycles. The highest BCUT2D eigenvalue weighted by Crippen LogP contribution is 2.47. The average Bonchev–Trinajstić information content (AvgIpc) is 2.44. The standard InChI is InChI=1S/C14H24O2/c1-6-10(2)11-7-8-14(5)12(9-11)15-13(3,4)16-14/h11-12H,2,6-9H2,1,3-5H3/t11?,12?,14-/m1/s1. The molecule has 0 aromatic carbocycles. The van der Waals surface area contributed by atoms with Crippen molar-refractivity contribution in [1.82, 2.24) is 0 Å². The Kier molecular flexibility index (Phi) is 2.92. The van der Waals surface area contributed by atoms with Crippen LogP contribution in [0, 0.1) is 5.92 Å². The number of hydrogen-bond donors (Lipinski definition) is 0. The summed E-state index contributed by atoms with van der Waals surface area (Å²) in [6.07, 6.45) is 4.68. The highest BCUT2D eigenvalue weighted by Gasteiger charge is 2.52. The first-order valence-electron chi connectivity index (χ1n) is 6.42. The van der Waals surface area contributed by atoms with E-state index in [9.17, 15) is 0 Å². The molecule has 16 heavy (non-hydrogen) atoms. The maximum Gasteiger partial charge on any atom is 0.164 e. The van der Waals surface area contributed by atoms with E-state index in [4.69, 9.17) is 9.47 Å². The van der Waals surface area contributed by atoms with E-state index >= 15 is 0 Å². The fraction of sp³-hybridized carbons (Fsp3) is 0.857. The fourth-order valence-electron chi connectivity index (χ4n) is 3.12. The molecule has 3 atom stereocenters. The van der Waals surface area contributed by atoms with Crippen molar-refractivity contribution in [3.8, 4) is 0 Å². The molecule has 0 spiro atoms. The van der Waals surface area contributed by atoms with Gasteiger partial charge in [-0.2, -0.15) is 0 Å². The molecule has 0 bridgehead atoms. The monoisotopic (exact) mass is 224 g/mol. The molecule has 0 aromatic rings. The maximum atomic E-state index is 6.05. The maximum absolute atomic E-state index is 6.05. The summed E-state index contributed by atoms with van der Waals surface area (Å²) in [6.45, 7) is 12.6. The van der Waals surface area contributed by atoms with Crippen molar-refractivity contribution >= 4 is 0 Å². The summed E-state index contributed by atoms with van der Waals surface area (Å²) in [4.78, 5) is 0. The van der Waals surface area contributed by atoms with Crippen LogP contribution in [0.3, 0.4) is 0 Å². The predicted octanol–water partition coefficient (Wildman–Crippen LogP) is 3.66. The van der Waals surface area contributed by atoms with Crippen molar-refractivity contribution in [3.05, 3.63) is 12.2 Å². The normalized spacial score (nSPS) is 41.8. The smallest absolute Gasteiger partial charge is 0.164 e. The van der Waals surface area contributed by atoms with E-state index in [0.717, 1.165) is 19.3 Å². The molecule has 0 amide bonds. The van der Waals surface area contributed by atoms with E-state index in [1.165, 1.54) is 12.0 Å². The number of allylic oxidation sites excluding steroid dienone is 1. The van der Waals surface area contributed by atoms with Crippen molar-refractivity contribution in [2.45, 2.75) is 70.9 Å². The summed E-state index contributed by atoms with van der Waals surface area (Å²) < 4.78 is 12.1. The number of hydrogen-bond acceptors (Lipinski definition) is 2. The van der Waals surface area contributed by atoms with Crippen LogP contribution in [0.15, 0.2) is 12.2 Å². The zero-order valence-corrected chi connectivity index (χ0v) is 11.0. The lowest BCUT2D eigenvalue weighted by molar-refractivity contribution is -0.160. The van der Waals surface area contributed by atoms with E-state index in [0.29, 0.717) is 5.92 Å². The molecular formula is C14H24O2. The molecule has 2 unspecified atom stereocenters. The molecule has 2 heteroatoms. The van der Waals surface area contributed by atoms with Crippen LogP contribution in [0.2, 0.25) is 0 Å². The lowest BCUT2D eigenvalue weighted by Crippen LogP contribution is -2.42. The zero-order chi connectivity index (χ0) is 12.0. The van der Waals surface area contributed by atoms with Gasteiger partial charge < -0.3 is 9.47 Å². The predicted molar refractivity (Wildman–Crippen MR) is 65.2 cm³/mol. The minimum Gasteiger partial charge on any atom is -0.344 e. The van der Waals surface area contributed by atoms with Crippen LogP contribution in [-0.2, 0) is 9.47 Å². The Morgan fingerprint density at radius 3 is 2.69 bits per heavy atom. The van der Waals surface area contributed by atoms with Gasteiger partial charge >= 0.3 is 0 Å². The van der Waals surface area contributed by atoms with Gasteiger partial charge in [-0.1, -0.05) is 19.1 Å². The second-order valence-corrected chi connectivity index (χ2v) is 5.90. The summed E-state index contributed by atoms with van der Waals surface area (Å²) >= 11 is 0. The van der Waals surface area contributed by atoms with Crippen molar-refractivity contribution in [2.24, 2.45) is 5.92 Å². The number of ether oxygens (including phenoxy) is 2. The van der Waals surface area contributed by atoms with Gasteiger partial charge in [-0.15, -0.1) is 0 Å². The fourth-order valence-corrected chi connectivity index (χ4v) is 3.12. The Morgan fingerprint density at radius 1 is 1.38 bits per heavy atom. The first-order valence-corrected chi connectivity index (χ1v) is 6.42. The minimum atomic E-state index is -0.415. The molecule has 2 nitrogen and oxygen atoms in total. The molecule has 2 aliphatic rings. The first-order chi connectivity index (χ1) is 7.36. The van der Waals surface area contributed by atoms with Crippen LogP contribution in [0.1, 0.15) is 53.4 Å². The van der Waals surface area contributed by atoms with Crippen molar-refractivity contribution in [1.29, 1.82) is 0 Å². The average molecular weight is 224 g/mol. The van der Waals surface area contributed by atoms with Crippen molar-refractivity contribution < 1.29 is 9.47 Å². The van der Waals surface area contributed by atoms with Gasteiger partial charge in [0.1, 0.15) is 0 Å². The zero-order valence-electron chi connectivity index (χ0n) is 11.0. The van der Waals surface area contributed by atoms with Gasteiger partial charge in [0.15, 0.2) is 5.79 Å². The Balaban J connectivity index is 2.08. The highest BCUT2D eigenvalue weighted by atomic mass is 16.8. The summed E-state index contributed by atoms with van der Waals surface area (Å²) in [7, 11) is 0. The van der Waals surface area contributed by atoms with Crippen LogP contribution in [0.4, 0.5) is 0 Å². The van der Waals surface area contributed by atoms with Crippen LogP contribution < -0.4 is 0 Å². The van der Waals surface area contributed by atoms with Crippen LogP contribution >= 0.6 is 0 Å². The molecule has 2 fully saturated rings. The van der Waals surface area contributed by atoms with E-state index in [1.54, 1.807) is 0 Å². The summed E-state index contributed by atoms with van der Waals surface area (Å²) in [5, 5.41) is 0. The van der Waals surface area contributed by atoms with Crippen LogP contribution in [-0.4, -0.2) is 17.5 Å². The Bertz CT molecular complexity index is 295. The second kappa shape index (κ2) is 3.85. The molecule has 1 aliphatic carbocycles. The number of fused-ring (bicyclic) bond motifs is 1. The molecule has 1 aliphatic heterocycles. The molecule has 1 saturated heterocycles. The van der Waals surface area contributed by atoms with Gasteiger partial charge in [-0.25, -0.2) is 0 Å². The van der Waals surface area contributed by atoms with Gasteiger partial charge in [0.25, 0.3) is 0 Å². The highest BCUT2D eigenvalue weighted by molar-refractivity contribution is 5.07. The van der Waals surface area contributed by atoms with E-state index in [2.05, 4.69) is 20.4 Å². The lowest BCUT2D eigenvalue weighted by atomic mass is 9.75. The summed E-state index contributed by atoms with van der Waals surface area (Å²) in [6, 6.07) is 0. The molecule has 0 aromatic heterocycles. The molecule has 2 rings (SSSR count). The van der Waals surface area contributed by atoms with Gasteiger partial charge in [-0.05, 0) is 52.4 Å². The largest absolute Gasteiger partial charge is 0.344 e. The van der Waals surface area contributed by atoms with E-state index < -0.39 is 5.79 Å². The Morgan fingerprint density at radius 2 is 2.06 bits per heavy atom. The van der Waals surface area contributed by atoms with Crippen molar-refractivity contribution in [3.63, 3.8) is 0 Å². The Labute approximate surface area is 99.0 Å². The molecule has 0 radical (unpaired) electrons. The van der Waals surface area contributed by atoms with E-state index in [-0.39, 0.29) is 11.7 Å². The van der Waals surface area contributed by atoms with Gasteiger partial charge in [0, 0.05) is 0 Å². The number of rotatable bonds is 2. The third-order valence-corrected chi connectivity index (χ3v) is 4.11. The quantitative estimate of drug-likeness (QED) is 0.666. The lowest BCUT2D eigenvalue weighted by Gasteiger charge is -2.37. The van der Waals surface area contributed by atoms with E-state index in [1.807, 2.05) is 13.8 Å². The van der Waals surface area contributed by atoms with Crippen LogP contribution in [0.5, 0.6) is 0 Å². The third kappa shape index (κ3) is 2.05. The van der Waals surface area contributed by atoms with Crippen LogP contribution in [0.25, 0.3) is 0 Å². The molecule has 92 valence electrons. The topological polar surface area (TPSA) is 18.5 Å². The van der Waals surface area contributed by atoms with Gasteiger partial charge in [0.2, 0.25) is 0 Å². The minimum absolute atomic E-state index is 0.0754. The third-order valence-electron chi connectivity index (χ3n) is 4.11. The second-order valence-electron chi connectivity index (χ2n) is 5.90. The summed E-state index contributed by atoms with van der Waals surface area (Å²) in [5.74, 6) is 0.211. The SMILES string of the molecule is C=C(CC)C1CC[C@@]2(C)OC(C)(C)OC2C1. The molecular weight excluding hydrogens is 200 g/mol. The summed E-state index contributed by atoms with van der Waals surface area (Å²) in [5.41, 5.74) is 1.30.